The van der Waals surface area contributed by atoms with Gasteiger partial charge in [-0.15, -0.1) is 24.0 Å². The van der Waals surface area contributed by atoms with Crippen molar-refractivity contribution in [2.24, 2.45) is 4.99 Å². The van der Waals surface area contributed by atoms with Crippen molar-refractivity contribution in [3.05, 3.63) is 65.7 Å². The summed E-state index contributed by atoms with van der Waals surface area (Å²) in [6.07, 6.45) is 0.955. The molecule has 0 amide bonds. The second-order valence-electron chi connectivity index (χ2n) is 7.56. The average molecular weight is 538 g/mol. The Morgan fingerprint density at radius 1 is 1.13 bits per heavy atom. The number of guanidine groups is 1. The molecule has 0 aliphatic heterocycles. The van der Waals surface area contributed by atoms with E-state index in [0.717, 1.165) is 42.4 Å². The van der Waals surface area contributed by atoms with E-state index >= 15 is 0 Å². The van der Waals surface area contributed by atoms with Gasteiger partial charge in [0.2, 0.25) is 0 Å². The summed E-state index contributed by atoms with van der Waals surface area (Å²) < 4.78 is 15.5. The number of aryl methyl sites for hydroxylation is 2. The number of hydrogen-bond acceptors (Lipinski definition) is 3. The summed E-state index contributed by atoms with van der Waals surface area (Å²) in [6.45, 7) is 4.41. The molecular weight excluding hydrogens is 506 g/mol. The Labute approximate surface area is 201 Å². The first-order chi connectivity index (χ1) is 14.5. The lowest BCUT2D eigenvalue weighted by atomic mass is 10.1. The third-order valence-electron chi connectivity index (χ3n) is 5.26. The van der Waals surface area contributed by atoms with Crippen LogP contribution in [0.3, 0.4) is 0 Å². The number of nitrogens with one attached hydrogen (secondary N) is 2. The molecule has 1 heterocycles. The number of fused-ring (bicyclic) bond motifs is 1. The zero-order valence-electron chi connectivity index (χ0n) is 18.6. The smallest absolute Gasteiger partial charge is 0.191 e. The van der Waals surface area contributed by atoms with Gasteiger partial charge in [-0.2, -0.15) is 0 Å². The highest BCUT2D eigenvalue weighted by molar-refractivity contribution is 14.0. The van der Waals surface area contributed by atoms with Gasteiger partial charge in [-0.25, -0.2) is 9.37 Å². The summed E-state index contributed by atoms with van der Waals surface area (Å²) in [4.78, 5) is 11.1. The van der Waals surface area contributed by atoms with E-state index in [1.165, 1.54) is 17.6 Å². The predicted octanol–water partition coefficient (Wildman–Crippen LogP) is 3.96. The van der Waals surface area contributed by atoms with Crippen molar-refractivity contribution in [1.29, 1.82) is 0 Å². The maximum Gasteiger partial charge on any atom is 0.191 e. The molecular formula is C23H32FIN6. The van der Waals surface area contributed by atoms with Crippen molar-refractivity contribution >= 4 is 41.0 Å². The fourth-order valence-corrected chi connectivity index (χ4v) is 3.62. The van der Waals surface area contributed by atoms with Gasteiger partial charge in [0.25, 0.3) is 0 Å². The summed E-state index contributed by atoms with van der Waals surface area (Å²) in [5.74, 6) is 1.57. The highest BCUT2D eigenvalue weighted by Gasteiger charge is 2.15. The topological polar surface area (TPSA) is 57.5 Å². The van der Waals surface area contributed by atoms with Crippen molar-refractivity contribution in [1.82, 2.24) is 25.1 Å². The van der Waals surface area contributed by atoms with Crippen LogP contribution in [0.4, 0.5) is 4.39 Å². The number of rotatable bonds is 8. The average Bonchev–Trinajstić information content (AvgIpc) is 3.05. The van der Waals surface area contributed by atoms with E-state index in [1.54, 1.807) is 7.05 Å². The van der Waals surface area contributed by atoms with Crippen LogP contribution in [0.2, 0.25) is 0 Å². The molecule has 31 heavy (non-hydrogen) atoms. The molecule has 2 N–H and O–H groups in total. The van der Waals surface area contributed by atoms with E-state index in [4.69, 9.17) is 0 Å². The molecule has 0 spiro atoms. The number of imidazole rings is 1. The van der Waals surface area contributed by atoms with E-state index in [1.807, 2.05) is 51.4 Å². The molecule has 0 saturated heterocycles. The number of nitrogens with zero attached hydrogens (tertiary/aromatic N) is 4. The van der Waals surface area contributed by atoms with E-state index < -0.39 is 0 Å². The highest BCUT2D eigenvalue weighted by atomic mass is 127. The van der Waals surface area contributed by atoms with Gasteiger partial charge in [0, 0.05) is 26.7 Å². The molecule has 3 rings (SSSR count). The number of benzene rings is 2. The zero-order chi connectivity index (χ0) is 21.5. The molecule has 6 nitrogen and oxygen atoms in total. The van der Waals surface area contributed by atoms with Crippen LogP contribution in [0, 0.1) is 12.7 Å². The number of likely N-dealkylation sites (N-methyl/N-ethyl adjacent to an activating group) is 1. The van der Waals surface area contributed by atoms with Crippen LogP contribution in [0.5, 0.6) is 0 Å². The number of para-hydroxylation sites is 2. The lowest BCUT2D eigenvalue weighted by molar-refractivity contribution is 0.298. The van der Waals surface area contributed by atoms with Gasteiger partial charge in [0.1, 0.15) is 11.6 Å². The SMILES string of the molecule is CN=C(NCCCn1c(C)nc2ccccc21)NCC(c1ccc(F)cc1)N(C)C.I. The van der Waals surface area contributed by atoms with Crippen LogP contribution >= 0.6 is 24.0 Å². The van der Waals surface area contributed by atoms with E-state index in [2.05, 4.69) is 36.1 Å². The van der Waals surface area contributed by atoms with Crippen molar-refractivity contribution < 1.29 is 4.39 Å². The number of hydrogen-bond donors (Lipinski definition) is 2. The molecule has 0 radical (unpaired) electrons. The van der Waals surface area contributed by atoms with Crippen LogP contribution in [0.1, 0.15) is 23.9 Å². The molecule has 0 saturated carbocycles. The molecule has 3 aromatic rings. The van der Waals surface area contributed by atoms with Gasteiger partial charge < -0.3 is 20.1 Å². The first kappa shape index (κ1) is 25.1. The Kier molecular flexibility index (Phi) is 9.70. The Hall–Kier alpha value is -2.20. The third kappa shape index (κ3) is 6.64. The minimum absolute atomic E-state index is 0. The lowest BCUT2D eigenvalue weighted by Gasteiger charge is -2.26. The molecule has 168 valence electrons. The molecule has 2 aromatic carbocycles. The quantitative estimate of drug-likeness (QED) is 0.197. The van der Waals surface area contributed by atoms with Crippen molar-refractivity contribution in [2.75, 3.05) is 34.2 Å². The minimum atomic E-state index is -0.220. The normalized spacial score (nSPS) is 12.6. The van der Waals surface area contributed by atoms with Crippen LogP contribution in [-0.4, -0.2) is 54.6 Å². The second-order valence-corrected chi connectivity index (χ2v) is 7.56. The van der Waals surface area contributed by atoms with Gasteiger partial charge >= 0.3 is 0 Å². The van der Waals surface area contributed by atoms with Gasteiger partial charge in [-0.1, -0.05) is 24.3 Å². The zero-order valence-corrected chi connectivity index (χ0v) is 20.9. The van der Waals surface area contributed by atoms with E-state index in [9.17, 15) is 4.39 Å². The molecule has 0 bridgehead atoms. The van der Waals surface area contributed by atoms with E-state index in [0.29, 0.717) is 6.54 Å². The first-order valence-corrected chi connectivity index (χ1v) is 10.3. The molecule has 1 unspecified atom stereocenters. The fraction of sp³-hybridized carbons (Fsp3) is 0.391. The third-order valence-corrected chi connectivity index (χ3v) is 5.26. The maximum absolute atomic E-state index is 13.2. The van der Waals surface area contributed by atoms with Gasteiger partial charge in [-0.05, 0) is 57.3 Å². The van der Waals surface area contributed by atoms with Crippen LogP contribution < -0.4 is 10.6 Å². The van der Waals surface area contributed by atoms with Gasteiger partial charge in [0.15, 0.2) is 5.96 Å². The summed E-state index contributed by atoms with van der Waals surface area (Å²) in [7, 11) is 5.80. The monoisotopic (exact) mass is 538 g/mol. The van der Waals surface area contributed by atoms with Crippen molar-refractivity contribution in [3.63, 3.8) is 0 Å². The Morgan fingerprint density at radius 3 is 2.52 bits per heavy atom. The Bertz CT molecular complexity index is 983. The van der Waals surface area contributed by atoms with Crippen molar-refractivity contribution in [3.8, 4) is 0 Å². The molecule has 0 aliphatic carbocycles. The number of aromatic nitrogens is 2. The minimum Gasteiger partial charge on any atom is -0.356 e. The Balaban J connectivity index is 0.00000341. The largest absolute Gasteiger partial charge is 0.356 e. The van der Waals surface area contributed by atoms with E-state index in [-0.39, 0.29) is 35.8 Å². The summed E-state index contributed by atoms with van der Waals surface area (Å²) in [5.41, 5.74) is 3.27. The van der Waals surface area contributed by atoms with Crippen LogP contribution in [0.15, 0.2) is 53.5 Å². The Morgan fingerprint density at radius 2 is 1.84 bits per heavy atom. The summed E-state index contributed by atoms with van der Waals surface area (Å²) in [5, 5.41) is 6.76. The standard InChI is InChI=1S/C23H31FN6.HI/c1-17-28-20-8-5-6-9-21(20)30(17)15-7-14-26-23(25-2)27-16-22(29(3)4)18-10-12-19(24)13-11-18;/h5-6,8-13,22H,7,14-16H2,1-4H3,(H2,25,26,27);1H. The summed E-state index contributed by atoms with van der Waals surface area (Å²) >= 11 is 0. The maximum atomic E-state index is 13.2. The predicted molar refractivity (Wildman–Crippen MR) is 137 cm³/mol. The van der Waals surface area contributed by atoms with Gasteiger partial charge in [-0.3, -0.25) is 4.99 Å². The second kappa shape index (κ2) is 12.0. The fourth-order valence-electron chi connectivity index (χ4n) is 3.62. The van der Waals surface area contributed by atoms with Gasteiger partial charge in [0.05, 0.1) is 17.1 Å². The lowest BCUT2D eigenvalue weighted by Crippen LogP contribution is -2.42. The van der Waals surface area contributed by atoms with Crippen LogP contribution in [0.25, 0.3) is 11.0 Å². The number of aliphatic imine (C=N–C) groups is 1. The molecule has 8 heteroatoms. The number of halogens is 2. The molecule has 1 aromatic heterocycles. The molecule has 0 aliphatic rings. The first-order valence-electron chi connectivity index (χ1n) is 10.3. The summed E-state index contributed by atoms with van der Waals surface area (Å²) in [6, 6.07) is 15.0. The van der Waals surface area contributed by atoms with Crippen molar-refractivity contribution in [2.45, 2.75) is 25.9 Å². The van der Waals surface area contributed by atoms with Crippen LogP contribution in [-0.2, 0) is 6.54 Å². The highest BCUT2D eigenvalue weighted by Crippen LogP contribution is 2.18. The molecule has 0 fully saturated rings. The molecule has 1 atom stereocenters.